The molecule has 2 fully saturated rings. The summed E-state index contributed by atoms with van der Waals surface area (Å²) in [6.45, 7) is 0.884. The maximum absolute atomic E-state index is 13.6. The van der Waals surface area contributed by atoms with Gasteiger partial charge in [0.2, 0.25) is 0 Å². The molecule has 7 rings (SSSR count). The highest BCUT2D eigenvalue weighted by Crippen LogP contribution is 2.63. The summed E-state index contributed by atoms with van der Waals surface area (Å²) >= 11 is 0. The lowest BCUT2D eigenvalue weighted by molar-refractivity contribution is -0.122. The summed E-state index contributed by atoms with van der Waals surface area (Å²) in [4.78, 5) is 13.6. The number of nitrogens with one attached hydrogen (secondary N) is 1. The Hall–Kier alpha value is -2.91. The Morgan fingerprint density at radius 2 is 1.71 bits per heavy atom. The Kier molecular flexibility index (Phi) is 4.29. The monoisotopic (exact) mass is 409 g/mol. The molecular weight excluding hydrogens is 382 g/mol. The third-order valence-corrected chi connectivity index (χ3v) is 8.16. The number of phenolic OH excluding ortho intramolecular Hbond substituents is 1. The largest absolute Gasteiger partial charge is 0.508 e. The van der Waals surface area contributed by atoms with E-state index in [0.717, 1.165) is 13.0 Å². The first-order valence-corrected chi connectivity index (χ1v) is 11.4. The second-order valence-electron chi connectivity index (χ2n) is 9.42. The highest BCUT2D eigenvalue weighted by Gasteiger charge is 2.62. The van der Waals surface area contributed by atoms with Crippen molar-refractivity contribution >= 4 is 5.78 Å². The van der Waals surface area contributed by atoms with Crippen molar-refractivity contribution in [1.82, 2.24) is 5.32 Å². The van der Waals surface area contributed by atoms with Gasteiger partial charge in [0.15, 0.2) is 5.78 Å². The second kappa shape index (κ2) is 7.06. The van der Waals surface area contributed by atoms with E-state index >= 15 is 0 Å². The summed E-state index contributed by atoms with van der Waals surface area (Å²) < 4.78 is 0. The second-order valence-corrected chi connectivity index (χ2v) is 9.42. The van der Waals surface area contributed by atoms with Crippen molar-refractivity contribution in [3.8, 4) is 5.75 Å². The summed E-state index contributed by atoms with van der Waals surface area (Å²) in [5.74, 6) is 1.61. The van der Waals surface area contributed by atoms with Gasteiger partial charge in [-0.3, -0.25) is 4.79 Å². The zero-order valence-electron chi connectivity index (χ0n) is 17.5. The van der Waals surface area contributed by atoms with E-state index in [4.69, 9.17) is 0 Å². The van der Waals surface area contributed by atoms with Gasteiger partial charge in [0.05, 0.1) is 6.04 Å². The summed E-state index contributed by atoms with van der Waals surface area (Å²) in [6.07, 6.45) is 2.53. The van der Waals surface area contributed by atoms with Crippen molar-refractivity contribution < 1.29 is 9.90 Å². The van der Waals surface area contributed by atoms with E-state index in [9.17, 15) is 9.90 Å². The summed E-state index contributed by atoms with van der Waals surface area (Å²) in [7, 11) is 0. The van der Waals surface area contributed by atoms with Gasteiger partial charge in [-0.2, -0.15) is 0 Å². The van der Waals surface area contributed by atoms with E-state index in [1.807, 2.05) is 12.1 Å². The number of benzene rings is 3. The number of hydrogen-bond donors (Lipinski definition) is 2. The molecule has 0 aromatic heterocycles. The SMILES string of the molecule is O=C(Cc1ccccc1O)C1NCC2C3CCC(c4ccccc4)(c4ccccc43)C12. The molecule has 5 atom stereocenters. The van der Waals surface area contributed by atoms with E-state index in [0.29, 0.717) is 17.4 Å². The lowest BCUT2D eigenvalue weighted by Gasteiger charge is -2.56. The maximum Gasteiger partial charge on any atom is 0.154 e. The molecule has 0 amide bonds. The van der Waals surface area contributed by atoms with Crippen LogP contribution in [0.15, 0.2) is 78.9 Å². The molecule has 3 aliphatic carbocycles. The van der Waals surface area contributed by atoms with Crippen LogP contribution in [0.3, 0.4) is 0 Å². The average molecular weight is 410 g/mol. The number of rotatable bonds is 4. The molecule has 4 aliphatic rings. The topological polar surface area (TPSA) is 49.3 Å². The fourth-order valence-electron chi connectivity index (χ4n) is 7.00. The Morgan fingerprint density at radius 1 is 0.968 bits per heavy atom. The third kappa shape index (κ3) is 2.66. The van der Waals surface area contributed by atoms with Crippen molar-refractivity contribution in [3.05, 3.63) is 101 Å². The van der Waals surface area contributed by atoms with Gasteiger partial charge >= 0.3 is 0 Å². The molecule has 156 valence electrons. The van der Waals surface area contributed by atoms with Crippen LogP contribution in [0.2, 0.25) is 0 Å². The van der Waals surface area contributed by atoms with Crippen molar-refractivity contribution in [2.24, 2.45) is 11.8 Å². The molecule has 1 aliphatic heterocycles. The highest BCUT2D eigenvalue weighted by atomic mass is 16.3. The van der Waals surface area contributed by atoms with Crippen LogP contribution in [-0.4, -0.2) is 23.5 Å². The number of carbonyl (C=O) groups excluding carboxylic acids is 1. The van der Waals surface area contributed by atoms with Crippen molar-refractivity contribution in [2.75, 3.05) is 6.54 Å². The normalized spacial score (nSPS) is 30.6. The summed E-state index contributed by atoms with van der Waals surface area (Å²) in [5, 5.41) is 13.9. The van der Waals surface area contributed by atoms with Crippen molar-refractivity contribution in [2.45, 2.75) is 36.6 Å². The number of hydrogen-bond acceptors (Lipinski definition) is 3. The van der Waals surface area contributed by atoms with Gasteiger partial charge in [-0.25, -0.2) is 0 Å². The number of Topliss-reactive ketones (excluding diaryl/α,β-unsaturated/α-hetero) is 1. The van der Waals surface area contributed by atoms with Gasteiger partial charge < -0.3 is 10.4 Å². The van der Waals surface area contributed by atoms with Gasteiger partial charge in [0.1, 0.15) is 5.75 Å². The summed E-state index contributed by atoms with van der Waals surface area (Å²) in [6, 6.07) is 26.8. The van der Waals surface area contributed by atoms with Crippen LogP contribution in [-0.2, 0) is 16.6 Å². The molecule has 0 spiro atoms. The van der Waals surface area contributed by atoms with Crippen molar-refractivity contribution in [3.63, 3.8) is 0 Å². The minimum Gasteiger partial charge on any atom is -0.508 e. The minimum atomic E-state index is -0.194. The number of aromatic hydroxyl groups is 1. The fourth-order valence-corrected chi connectivity index (χ4v) is 7.00. The zero-order chi connectivity index (χ0) is 21.0. The number of para-hydroxylation sites is 1. The minimum absolute atomic E-state index is 0.139. The van der Waals surface area contributed by atoms with Crippen LogP contribution in [0.25, 0.3) is 0 Å². The van der Waals surface area contributed by atoms with Crippen molar-refractivity contribution in [1.29, 1.82) is 0 Å². The first-order valence-electron chi connectivity index (χ1n) is 11.4. The standard InChI is InChI=1S/C28H27NO2/c30-24-13-7-4-8-18(24)16-25(31)27-26-22(17-29-27)20-14-15-28(26,19-9-2-1-3-10-19)23-12-6-5-11-21(20)23/h1-13,20,22,26-27,29-30H,14-17H2. The van der Waals surface area contributed by atoms with E-state index in [1.165, 1.54) is 23.1 Å². The molecular formula is C28H27NO2. The first kappa shape index (κ1) is 18.8. The number of fused-ring (bicyclic) bond motifs is 1. The molecule has 2 N–H and O–H groups in total. The quantitative estimate of drug-likeness (QED) is 0.663. The molecule has 1 saturated carbocycles. The Morgan fingerprint density at radius 3 is 2.55 bits per heavy atom. The molecule has 5 unspecified atom stereocenters. The van der Waals surface area contributed by atoms with Crippen LogP contribution in [0.1, 0.15) is 41.0 Å². The van der Waals surface area contributed by atoms with Gasteiger partial charge in [-0.15, -0.1) is 0 Å². The van der Waals surface area contributed by atoms with Crippen LogP contribution >= 0.6 is 0 Å². The maximum atomic E-state index is 13.6. The highest BCUT2D eigenvalue weighted by molar-refractivity contribution is 5.88. The molecule has 3 heteroatoms. The molecule has 2 bridgehead atoms. The Balaban J connectivity index is 1.47. The van der Waals surface area contributed by atoms with Crippen LogP contribution in [0, 0.1) is 11.8 Å². The fraction of sp³-hybridized carbons (Fsp3) is 0.321. The van der Waals surface area contributed by atoms with Crippen LogP contribution in [0.4, 0.5) is 0 Å². The van der Waals surface area contributed by atoms with E-state index < -0.39 is 0 Å². The molecule has 3 aromatic rings. The zero-order valence-corrected chi connectivity index (χ0v) is 17.5. The van der Waals surface area contributed by atoms with Crippen LogP contribution < -0.4 is 5.32 Å². The average Bonchev–Trinajstić information content (AvgIpc) is 3.29. The lowest BCUT2D eigenvalue weighted by atomic mass is 9.46. The third-order valence-electron chi connectivity index (χ3n) is 8.16. The number of phenols is 1. The van der Waals surface area contributed by atoms with Gasteiger partial charge in [-0.05, 0) is 59.9 Å². The molecule has 3 nitrogen and oxygen atoms in total. The molecule has 31 heavy (non-hydrogen) atoms. The smallest absolute Gasteiger partial charge is 0.154 e. The Bertz CT molecular complexity index is 1140. The molecule has 1 saturated heterocycles. The van der Waals surface area contributed by atoms with E-state index in [2.05, 4.69) is 59.9 Å². The van der Waals surface area contributed by atoms with Gasteiger partial charge in [-0.1, -0.05) is 72.8 Å². The lowest BCUT2D eigenvalue weighted by Crippen LogP contribution is -2.55. The number of carbonyl (C=O) groups is 1. The predicted molar refractivity (Wildman–Crippen MR) is 121 cm³/mol. The van der Waals surface area contributed by atoms with Gasteiger partial charge in [0, 0.05) is 17.4 Å². The molecule has 3 aromatic carbocycles. The van der Waals surface area contributed by atoms with Gasteiger partial charge in [0.25, 0.3) is 0 Å². The first-order chi connectivity index (χ1) is 15.2. The summed E-state index contributed by atoms with van der Waals surface area (Å²) in [5.41, 5.74) is 4.81. The van der Waals surface area contributed by atoms with Crippen LogP contribution in [0.5, 0.6) is 5.75 Å². The Labute approximate surface area is 183 Å². The molecule has 0 radical (unpaired) electrons. The number of ketones is 1. The predicted octanol–water partition coefficient (Wildman–Crippen LogP) is 4.59. The van der Waals surface area contributed by atoms with E-state index in [1.54, 1.807) is 12.1 Å². The van der Waals surface area contributed by atoms with E-state index in [-0.39, 0.29) is 35.3 Å². The molecule has 1 heterocycles.